The maximum Gasteiger partial charge on any atom is 0.274 e. The Kier molecular flexibility index (Phi) is 5.67. The molecule has 0 saturated heterocycles. The molecule has 0 N–H and O–H groups in total. The average molecular weight is 531 g/mol. The summed E-state index contributed by atoms with van der Waals surface area (Å²) in [5.74, 6) is 0. The van der Waals surface area contributed by atoms with Crippen LogP contribution >= 0.6 is 34.5 Å². The molecule has 0 saturated carbocycles. The Morgan fingerprint density at radius 3 is 2.53 bits per heavy atom. The summed E-state index contributed by atoms with van der Waals surface area (Å²) in [5, 5.41) is 5.88. The van der Waals surface area contributed by atoms with E-state index in [4.69, 9.17) is 33.3 Å². The summed E-state index contributed by atoms with van der Waals surface area (Å²) in [6.45, 7) is 4.62. The van der Waals surface area contributed by atoms with E-state index in [-0.39, 0.29) is 5.56 Å². The molecule has 8 heteroatoms. The monoisotopic (exact) mass is 530 g/mol. The third-order valence-electron chi connectivity index (χ3n) is 6.31. The van der Waals surface area contributed by atoms with E-state index in [1.807, 2.05) is 78.5 Å². The van der Waals surface area contributed by atoms with Gasteiger partial charge in [0.25, 0.3) is 5.56 Å². The van der Waals surface area contributed by atoms with Crippen LogP contribution in [0.25, 0.3) is 33.3 Å². The number of rotatable bonds is 4. The van der Waals surface area contributed by atoms with Gasteiger partial charge in [-0.25, -0.2) is 9.38 Å². The first-order valence-corrected chi connectivity index (χ1v) is 13.0. The molecular formula is C28H20Cl2N4OS. The van der Waals surface area contributed by atoms with Crippen molar-refractivity contribution in [2.75, 3.05) is 0 Å². The summed E-state index contributed by atoms with van der Waals surface area (Å²) in [6.07, 6.45) is 3.87. The van der Waals surface area contributed by atoms with E-state index in [0.29, 0.717) is 26.1 Å². The van der Waals surface area contributed by atoms with Gasteiger partial charge in [-0.2, -0.15) is 5.10 Å². The second kappa shape index (κ2) is 8.89. The Morgan fingerprint density at radius 1 is 0.972 bits per heavy atom. The maximum absolute atomic E-state index is 13.5. The van der Waals surface area contributed by atoms with Gasteiger partial charge in [0.2, 0.25) is 0 Å². The Bertz CT molecular complexity index is 1890. The third kappa shape index (κ3) is 4.01. The van der Waals surface area contributed by atoms with Crippen molar-refractivity contribution in [2.24, 2.45) is 0 Å². The molecule has 36 heavy (non-hydrogen) atoms. The fraction of sp³-hybridized carbons (Fsp3) is 0.107. The molecule has 0 unspecified atom stereocenters. The van der Waals surface area contributed by atoms with Crippen LogP contribution in [-0.2, 0) is 6.54 Å². The molecule has 178 valence electrons. The number of hydrogen-bond donors (Lipinski definition) is 0. The minimum atomic E-state index is -0.0722. The largest absolute Gasteiger partial charge is 0.274 e. The zero-order valence-electron chi connectivity index (χ0n) is 19.5. The quantitative estimate of drug-likeness (QED) is 0.269. The number of benzene rings is 3. The summed E-state index contributed by atoms with van der Waals surface area (Å²) < 4.78 is 4.18. The van der Waals surface area contributed by atoms with Gasteiger partial charge in [-0.05, 0) is 60.9 Å². The molecule has 0 fully saturated rings. The van der Waals surface area contributed by atoms with Crippen molar-refractivity contribution in [3.8, 4) is 11.3 Å². The van der Waals surface area contributed by atoms with E-state index < -0.39 is 0 Å². The zero-order valence-corrected chi connectivity index (χ0v) is 21.8. The fourth-order valence-corrected chi connectivity index (χ4v) is 5.63. The molecule has 3 aromatic carbocycles. The van der Waals surface area contributed by atoms with E-state index >= 15 is 0 Å². The Hall–Kier alpha value is -3.45. The van der Waals surface area contributed by atoms with Crippen LogP contribution in [0.1, 0.15) is 22.3 Å². The molecule has 0 radical (unpaired) electrons. The molecule has 3 heterocycles. The topological polar surface area (TPSA) is 52.2 Å². The van der Waals surface area contributed by atoms with Crippen molar-refractivity contribution in [3.05, 3.63) is 114 Å². The molecular weight excluding hydrogens is 511 g/mol. The van der Waals surface area contributed by atoms with Gasteiger partial charge in [0, 0.05) is 17.3 Å². The fourth-order valence-electron chi connectivity index (χ4n) is 4.33. The molecule has 0 atom stereocenters. The van der Waals surface area contributed by atoms with E-state index in [0.717, 1.165) is 44.5 Å². The van der Waals surface area contributed by atoms with Gasteiger partial charge < -0.3 is 0 Å². The number of halogens is 2. The van der Waals surface area contributed by atoms with E-state index in [1.54, 1.807) is 10.5 Å². The normalized spacial score (nSPS) is 12.3. The number of aryl methyl sites for hydroxylation is 2. The van der Waals surface area contributed by atoms with Gasteiger partial charge in [0.1, 0.15) is 0 Å². The highest BCUT2D eigenvalue weighted by Crippen LogP contribution is 2.26. The highest BCUT2D eigenvalue weighted by molar-refractivity contribution is 7.15. The van der Waals surface area contributed by atoms with Crippen LogP contribution in [0.4, 0.5) is 0 Å². The number of aromatic nitrogens is 4. The van der Waals surface area contributed by atoms with Crippen LogP contribution in [0.5, 0.6) is 0 Å². The SMILES string of the molecule is Cc1cc2nc3s/c(=C/c4cn(Cc5ccc(Cl)c(Cl)c5)nc4-c4ccccc4)c(=O)n3c2cc1C. The van der Waals surface area contributed by atoms with Crippen molar-refractivity contribution in [1.82, 2.24) is 19.2 Å². The van der Waals surface area contributed by atoms with Crippen LogP contribution in [0.3, 0.4) is 0 Å². The molecule has 0 aliphatic carbocycles. The minimum absolute atomic E-state index is 0.0722. The van der Waals surface area contributed by atoms with Crippen molar-refractivity contribution in [1.29, 1.82) is 0 Å². The highest BCUT2D eigenvalue weighted by Gasteiger charge is 2.15. The lowest BCUT2D eigenvalue weighted by Crippen LogP contribution is -2.22. The van der Waals surface area contributed by atoms with Gasteiger partial charge in [-0.3, -0.25) is 9.48 Å². The zero-order chi connectivity index (χ0) is 25.0. The predicted molar refractivity (Wildman–Crippen MR) is 148 cm³/mol. The first-order valence-electron chi connectivity index (χ1n) is 11.4. The van der Waals surface area contributed by atoms with Crippen molar-refractivity contribution in [2.45, 2.75) is 20.4 Å². The van der Waals surface area contributed by atoms with Gasteiger partial charge in [-0.1, -0.05) is 70.9 Å². The van der Waals surface area contributed by atoms with Gasteiger partial charge in [0.15, 0.2) is 4.96 Å². The minimum Gasteiger partial charge on any atom is -0.267 e. The van der Waals surface area contributed by atoms with Crippen LogP contribution in [0, 0.1) is 13.8 Å². The summed E-state index contributed by atoms with van der Waals surface area (Å²) in [7, 11) is 0. The third-order valence-corrected chi connectivity index (χ3v) is 8.01. The Balaban J connectivity index is 1.50. The van der Waals surface area contributed by atoms with Gasteiger partial charge >= 0.3 is 0 Å². The summed E-state index contributed by atoms with van der Waals surface area (Å²) in [5.41, 5.74) is 7.52. The molecule has 0 bridgehead atoms. The number of hydrogen-bond acceptors (Lipinski definition) is 4. The number of imidazole rings is 1. The van der Waals surface area contributed by atoms with E-state index in [9.17, 15) is 4.79 Å². The van der Waals surface area contributed by atoms with Gasteiger partial charge in [0.05, 0.1) is 37.8 Å². The van der Waals surface area contributed by atoms with Crippen LogP contribution in [0.15, 0.2) is 71.7 Å². The summed E-state index contributed by atoms with van der Waals surface area (Å²) in [6, 6.07) is 19.6. The molecule has 0 aliphatic rings. The van der Waals surface area contributed by atoms with Crippen molar-refractivity contribution < 1.29 is 0 Å². The molecule has 3 aromatic heterocycles. The maximum atomic E-state index is 13.5. The first-order chi connectivity index (χ1) is 17.4. The lowest BCUT2D eigenvalue weighted by molar-refractivity contribution is 0.689. The molecule has 0 aliphatic heterocycles. The number of fused-ring (bicyclic) bond motifs is 3. The molecule has 0 amide bonds. The van der Waals surface area contributed by atoms with Crippen LogP contribution < -0.4 is 10.1 Å². The lowest BCUT2D eigenvalue weighted by Gasteiger charge is -2.03. The van der Waals surface area contributed by atoms with Gasteiger partial charge in [-0.15, -0.1) is 0 Å². The molecule has 5 nitrogen and oxygen atoms in total. The van der Waals surface area contributed by atoms with Crippen molar-refractivity contribution >= 4 is 56.6 Å². The van der Waals surface area contributed by atoms with E-state index in [2.05, 4.69) is 6.92 Å². The van der Waals surface area contributed by atoms with Crippen LogP contribution in [0.2, 0.25) is 10.0 Å². The predicted octanol–water partition coefficient (Wildman–Crippen LogP) is 6.29. The summed E-state index contributed by atoms with van der Waals surface area (Å²) >= 11 is 13.7. The number of thiazole rings is 1. The summed E-state index contributed by atoms with van der Waals surface area (Å²) in [4.78, 5) is 18.9. The molecule has 0 spiro atoms. The first kappa shape index (κ1) is 23.0. The van der Waals surface area contributed by atoms with Crippen molar-refractivity contribution in [3.63, 3.8) is 0 Å². The Labute approximate surface area is 220 Å². The van der Waals surface area contributed by atoms with E-state index in [1.165, 1.54) is 11.3 Å². The Morgan fingerprint density at radius 2 is 1.75 bits per heavy atom. The molecule has 6 rings (SSSR count). The number of nitrogens with zero attached hydrogens (tertiary/aromatic N) is 4. The smallest absolute Gasteiger partial charge is 0.267 e. The second-order valence-corrected chi connectivity index (χ2v) is 10.6. The second-order valence-electron chi connectivity index (χ2n) is 8.82. The standard InChI is InChI=1S/C28H20Cl2N4OS/c1-16-10-23-24(11-17(16)2)34-27(35)25(36-28(34)31-23)13-20-15-33(14-18-8-9-21(29)22(30)12-18)32-26(20)19-6-4-3-5-7-19/h3-13,15H,14H2,1-2H3/b25-13+. The van der Waals surface area contributed by atoms with Crippen LogP contribution in [-0.4, -0.2) is 19.2 Å². The average Bonchev–Trinajstić information content (AvgIpc) is 3.50. The lowest BCUT2D eigenvalue weighted by atomic mass is 10.1. The highest BCUT2D eigenvalue weighted by atomic mass is 35.5. The molecule has 6 aromatic rings.